The predicted molar refractivity (Wildman–Crippen MR) is 146 cm³/mol. The molecular weight excluding hydrogens is 394 g/mol. The summed E-state index contributed by atoms with van der Waals surface area (Å²) in [6, 6.07) is 3.20. The second-order valence-electron chi connectivity index (χ2n) is 10.0. The first-order chi connectivity index (χ1) is 14.7. The average Bonchev–Trinajstić information content (AvgIpc) is 2.64. The van der Waals surface area contributed by atoms with Crippen molar-refractivity contribution in [3.05, 3.63) is 25.3 Å². The number of nitrogens with zero attached hydrogens (tertiary/aromatic N) is 3. The Balaban J connectivity index is -0.000000403. The molecular formula is C28H59N3O. The van der Waals surface area contributed by atoms with Gasteiger partial charge in [-0.3, -0.25) is 14.6 Å². The molecule has 0 rings (SSSR count). The molecule has 0 aromatic rings. The lowest BCUT2D eigenvalue weighted by atomic mass is 10.2. The van der Waals surface area contributed by atoms with Gasteiger partial charge >= 0.3 is 0 Å². The van der Waals surface area contributed by atoms with Gasteiger partial charge in [-0.25, -0.2) is 0 Å². The standard InChI is InChI=1S/C11H21NO.C9H19N.C8H19N/c1-6-7-8-11(13)12(9(2)3)10(4)5;1-6-7-10(8(2)3)9(4)5;1-6-9(7(2)3)8(4)5/h6,9-10H,1,7-8H2,2-5H3;6,8-9H,1,7H2,2-5H3;7-8H,6H2,1-5H3. The van der Waals surface area contributed by atoms with Gasteiger partial charge in [-0.2, -0.15) is 0 Å². The predicted octanol–water partition coefficient (Wildman–Crippen LogP) is 7.01. The molecule has 0 radical (unpaired) electrons. The molecule has 0 unspecified atom stereocenters. The molecule has 4 nitrogen and oxygen atoms in total. The molecule has 4 heteroatoms. The minimum absolute atomic E-state index is 0.227. The SMILES string of the molecule is C=CCCC(=O)N(C(C)C)C(C)C.C=CCN(C(C)C)C(C)C.CCN(C(C)C)C(C)C. The Morgan fingerprint density at radius 1 is 0.656 bits per heavy atom. The summed E-state index contributed by atoms with van der Waals surface area (Å²) in [6.07, 6.45) is 5.10. The molecule has 0 atom stereocenters. The molecule has 192 valence electrons. The van der Waals surface area contributed by atoms with Gasteiger partial charge in [0.25, 0.3) is 0 Å². The fourth-order valence-corrected chi connectivity index (χ4v) is 4.02. The maximum Gasteiger partial charge on any atom is 0.223 e. The maximum absolute atomic E-state index is 11.7. The number of rotatable bonds is 12. The number of carbonyl (C=O) groups is 1. The zero-order chi connectivity index (χ0) is 26.0. The summed E-state index contributed by atoms with van der Waals surface area (Å²) in [4.78, 5) is 18.4. The minimum Gasteiger partial charge on any atom is -0.338 e. The van der Waals surface area contributed by atoms with Crippen molar-refractivity contribution >= 4 is 5.91 Å². The fraction of sp³-hybridized carbons (Fsp3) is 0.821. The van der Waals surface area contributed by atoms with Crippen LogP contribution in [0.25, 0.3) is 0 Å². The maximum atomic E-state index is 11.7. The van der Waals surface area contributed by atoms with E-state index in [1.165, 1.54) is 0 Å². The Labute approximate surface area is 203 Å². The highest BCUT2D eigenvalue weighted by molar-refractivity contribution is 5.76. The summed E-state index contributed by atoms with van der Waals surface area (Å²) in [5, 5.41) is 0. The van der Waals surface area contributed by atoms with E-state index in [-0.39, 0.29) is 18.0 Å². The smallest absolute Gasteiger partial charge is 0.223 e. The van der Waals surface area contributed by atoms with E-state index < -0.39 is 0 Å². The van der Waals surface area contributed by atoms with Crippen molar-refractivity contribution in [2.24, 2.45) is 0 Å². The monoisotopic (exact) mass is 453 g/mol. The fourth-order valence-electron chi connectivity index (χ4n) is 4.02. The van der Waals surface area contributed by atoms with Crippen LogP contribution in [0.15, 0.2) is 25.3 Å². The first-order valence-electron chi connectivity index (χ1n) is 12.7. The normalized spacial score (nSPS) is 11.3. The van der Waals surface area contributed by atoms with Gasteiger partial charge in [0.2, 0.25) is 5.91 Å². The number of amides is 1. The lowest BCUT2D eigenvalue weighted by molar-refractivity contribution is -0.134. The van der Waals surface area contributed by atoms with Crippen molar-refractivity contribution in [1.82, 2.24) is 14.7 Å². The van der Waals surface area contributed by atoms with Crippen LogP contribution in [0.3, 0.4) is 0 Å². The highest BCUT2D eigenvalue weighted by Gasteiger charge is 2.18. The van der Waals surface area contributed by atoms with Gasteiger partial charge in [0.15, 0.2) is 0 Å². The lowest BCUT2D eigenvalue weighted by Crippen LogP contribution is -2.41. The summed E-state index contributed by atoms with van der Waals surface area (Å²) in [5.41, 5.74) is 0. The Morgan fingerprint density at radius 3 is 1.19 bits per heavy atom. The Kier molecular flexibility index (Phi) is 22.7. The van der Waals surface area contributed by atoms with Crippen molar-refractivity contribution in [3.63, 3.8) is 0 Å². The van der Waals surface area contributed by atoms with Crippen LogP contribution >= 0.6 is 0 Å². The van der Waals surface area contributed by atoms with Crippen molar-refractivity contribution in [1.29, 1.82) is 0 Å². The molecule has 0 aliphatic heterocycles. The van der Waals surface area contributed by atoms with Crippen LogP contribution in [0.2, 0.25) is 0 Å². The molecule has 0 bridgehead atoms. The van der Waals surface area contributed by atoms with E-state index in [1.54, 1.807) is 6.08 Å². The van der Waals surface area contributed by atoms with Gasteiger partial charge in [0.05, 0.1) is 0 Å². The van der Waals surface area contributed by atoms with Gasteiger partial charge in [-0.1, -0.05) is 19.1 Å². The second kappa shape index (κ2) is 20.5. The van der Waals surface area contributed by atoms with Crippen LogP contribution < -0.4 is 0 Å². The van der Waals surface area contributed by atoms with Gasteiger partial charge in [0.1, 0.15) is 0 Å². The van der Waals surface area contributed by atoms with Crippen LogP contribution in [-0.2, 0) is 4.79 Å². The van der Waals surface area contributed by atoms with E-state index in [0.717, 1.165) is 19.5 Å². The van der Waals surface area contributed by atoms with Gasteiger partial charge in [-0.15, -0.1) is 13.2 Å². The summed E-state index contributed by atoms with van der Waals surface area (Å²) < 4.78 is 0. The van der Waals surface area contributed by atoms with Crippen molar-refractivity contribution in [2.45, 2.75) is 139 Å². The quantitative estimate of drug-likeness (QED) is 0.297. The molecule has 0 aliphatic rings. The van der Waals surface area contributed by atoms with E-state index >= 15 is 0 Å². The van der Waals surface area contributed by atoms with Gasteiger partial charge < -0.3 is 4.90 Å². The molecule has 0 heterocycles. The third-order valence-corrected chi connectivity index (χ3v) is 5.32. The van der Waals surface area contributed by atoms with Crippen molar-refractivity contribution < 1.29 is 4.79 Å². The van der Waals surface area contributed by atoms with Crippen LogP contribution in [0.5, 0.6) is 0 Å². The number of hydrogen-bond acceptors (Lipinski definition) is 3. The largest absolute Gasteiger partial charge is 0.338 e. The molecule has 0 aromatic carbocycles. The van der Waals surface area contributed by atoms with E-state index in [2.05, 4.69) is 85.3 Å². The average molecular weight is 454 g/mol. The van der Waals surface area contributed by atoms with Gasteiger partial charge in [0, 0.05) is 49.2 Å². The third-order valence-electron chi connectivity index (χ3n) is 5.32. The summed E-state index contributed by atoms with van der Waals surface area (Å²) in [7, 11) is 0. The Hall–Kier alpha value is -1.13. The van der Waals surface area contributed by atoms with Crippen LogP contribution in [-0.4, -0.2) is 69.9 Å². The van der Waals surface area contributed by atoms with E-state index in [0.29, 0.717) is 30.6 Å². The highest BCUT2D eigenvalue weighted by atomic mass is 16.2. The molecule has 0 saturated carbocycles. The molecule has 0 N–H and O–H groups in total. The zero-order valence-corrected chi connectivity index (χ0v) is 24.1. The van der Waals surface area contributed by atoms with Crippen LogP contribution in [0.4, 0.5) is 0 Å². The Bertz CT molecular complexity index is 443. The van der Waals surface area contributed by atoms with E-state index in [9.17, 15) is 4.79 Å². The van der Waals surface area contributed by atoms with E-state index in [4.69, 9.17) is 0 Å². The van der Waals surface area contributed by atoms with Crippen molar-refractivity contribution in [3.8, 4) is 0 Å². The second-order valence-corrected chi connectivity index (χ2v) is 10.0. The van der Waals surface area contributed by atoms with Crippen LogP contribution in [0, 0.1) is 0 Å². The molecule has 1 amide bonds. The first kappa shape index (κ1) is 35.5. The summed E-state index contributed by atoms with van der Waals surface area (Å²) in [6.45, 7) is 37.7. The molecule has 0 spiro atoms. The first-order valence-corrected chi connectivity index (χ1v) is 12.7. The molecule has 0 fully saturated rings. The number of hydrogen-bond donors (Lipinski definition) is 0. The summed E-state index contributed by atoms with van der Waals surface area (Å²) >= 11 is 0. The zero-order valence-electron chi connectivity index (χ0n) is 24.1. The minimum atomic E-state index is 0.227. The molecule has 0 aliphatic carbocycles. The molecule has 32 heavy (non-hydrogen) atoms. The topological polar surface area (TPSA) is 26.8 Å². The molecule has 0 aromatic heterocycles. The number of carbonyl (C=O) groups excluding carboxylic acids is 1. The highest BCUT2D eigenvalue weighted by Crippen LogP contribution is 2.08. The van der Waals surface area contributed by atoms with Crippen molar-refractivity contribution in [2.75, 3.05) is 13.1 Å². The van der Waals surface area contributed by atoms with Crippen LogP contribution in [0.1, 0.15) is 103 Å². The Morgan fingerprint density at radius 2 is 1.03 bits per heavy atom. The lowest BCUT2D eigenvalue weighted by Gasteiger charge is -2.30. The summed E-state index contributed by atoms with van der Waals surface area (Å²) in [5.74, 6) is 0.227. The number of allylic oxidation sites excluding steroid dienone is 1. The molecule has 0 saturated heterocycles. The van der Waals surface area contributed by atoms with E-state index in [1.807, 2.05) is 38.7 Å². The third kappa shape index (κ3) is 17.4. The van der Waals surface area contributed by atoms with Gasteiger partial charge in [-0.05, 0) is 96.1 Å².